The van der Waals surface area contributed by atoms with Crippen molar-refractivity contribution in [3.63, 3.8) is 0 Å². The summed E-state index contributed by atoms with van der Waals surface area (Å²) in [4.78, 5) is 22.8. The standard InChI is InChI=1S/C31H37N5O6/c1-21(37)31(38)36-12-8-25(9-13-36)42-27-6-4-23(19-24(27)20-33)26-7-11-34-30(35-26)18-22-3-5-28(29(17-22)39-2)41-16-15-40-14-10-32/h3-7,11,17,19,21,25,37H,8-10,12-16,18,32H2,1-2H3/t21-/m0/s1. The Labute approximate surface area is 245 Å². The molecule has 3 aromatic rings. The lowest BCUT2D eigenvalue weighted by Crippen LogP contribution is -2.45. The Morgan fingerprint density at radius 3 is 2.62 bits per heavy atom. The molecule has 1 fully saturated rings. The summed E-state index contributed by atoms with van der Waals surface area (Å²) in [5.74, 6) is 2.08. The molecule has 0 spiro atoms. The SMILES string of the molecule is COc1cc(Cc2nccc(-c3ccc(OC4CCN(C(=O)[C@H](C)O)CC4)c(C#N)c3)n2)ccc1OCCOCCN. The van der Waals surface area contributed by atoms with Gasteiger partial charge in [0.05, 0.1) is 31.6 Å². The highest BCUT2D eigenvalue weighted by atomic mass is 16.5. The van der Waals surface area contributed by atoms with Crippen molar-refractivity contribution in [1.82, 2.24) is 14.9 Å². The Morgan fingerprint density at radius 1 is 1.12 bits per heavy atom. The van der Waals surface area contributed by atoms with Gasteiger partial charge in [-0.25, -0.2) is 9.97 Å². The minimum Gasteiger partial charge on any atom is -0.493 e. The van der Waals surface area contributed by atoms with Crippen LogP contribution in [0, 0.1) is 11.3 Å². The van der Waals surface area contributed by atoms with Gasteiger partial charge in [0.2, 0.25) is 0 Å². The molecule has 2 heterocycles. The van der Waals surface area contributed by atoms with E-state index >= 15 is 0 Å². The van der Waals surface area contributed by atoms with E-state index < -0.39 is 6.10 Å². The number of methoxy groups -OCH3 is 1. The van der Waals surface area contributed by atoms with Crippen molar-refractivity contribution in [3.05, 3.63) is 65.6 Å². The largest absolute Gasteiger partial charge is 0.493 e. The van der Waals surface area contributed by atoms with Gasteiger partial charge in [-0.1, -0.05) is 6.07 Å². The predicted octanol–water partition coefficient (Wildman–Crippen LogP) is 2.72. The van der Waals surface area contributed by atoms with Gasteiger partial charge in [0.15, 0.2) is 11.5 Å². The van der Waals surface area contributed by atoms with E-state index in [1.807, 2.05) is 24.3 Å². The van der Waals surface area contributed by atoms with Gasteiger partial charge >= 0.3 is 0 Å². The minimum absolute atomic E-state index is 0.120. The third-order valence-electron chi connectivity index (χ3n) is 6.84. The fourth-order valence-corrected chi connectivity index (χ4v) is 4.68. The topological polar surface area (TPSA) is 153 Å². The Hall–Kier alpha value is -4.24. The number of likely N-dealkylation sites (tertiary alicyclic amines) is 1. The normalized spacial score (nSPS) is 14.2. The molecule has 3 N–H and O–H groups in total. The van der Waals surface area contributed by atoms with E-state index in [-0.39, 0.29) is 12.0 Å². The molecule has 1 aliphatic rings. The maximum absolute atomic E-state index is 12.0. The number of aliphatic hydroxyl groups is 1. The summed E-state index contributed by atoms with van der Waals surface area (Å²) in [5.41, 5.74) is 8.26. The number of nitriles is 1. The molecule has 0 radical (unpaired) electrons. The fraction of sp³-hybridized carbons (Fsp3) is 0.419. The number of carbonyl (C=O) groups is 1. The first-order valence-corrected chi connectivity index (χ1v) is 14.0. The molecular formula is C31H37N5O6. The molecule has 0 saturated carbocycles. The molecule has 0 aliphatic carbocycles. The highest BCUT2D eigenvalue weighted by Gasteiger charge is 2.26. The first kappa shape index (κ1) is 30.7. The van der Waals surface area contributed by atoms with Crippen LogP contribution in [0.5, 0.6) is 17.2 Å². The number of piperidine rings is 1. The fourth-order valence-electron chi connectivity index (χ4n) is 4.68. The molecule has 2 aromatic carbocycles. The number of ether oxygens (including phenoxy) is 4. The second-order valence-electron chi connectivity index (χ2n) is 9.91. The third-order valence-corrected chi connectivity index (χ3v) is 6.84. The van der Waals surface area contributed by atoms with Gasteiger partial charge < -0.3 is 34.7 Å². The summed E-state index contributed by atoms with van der Waals surface area (Å²) in [7, 11) is 1.59. The smallest absolute Gasteiger partial charge is 0.251 e. The van der Waals surface area contributed by atoms with E-state index in [1.165, 1.54) is 6.92 Å². The van der Waals surface area contributed by atoms with Gasteiger partial charge in [0.1, 0.15) is 36.5 Å². The Balaban J connectivity index is 1.40. The van der Waals surface area contributed by atoms with Gasteiger partial charge in [0, 0.05) is 50.7 Å². The van der Waals surface area contributed by atoms with E-state index in [0.717, 1.165) is 11.1 Å². The number of carbonyl (C=O) groups excluding carboxylic acids is 1. The average Bonchev–Trinajstić information content (AvgIpc) is 3.01. The predicted molar refractivity (Wildman–Crippen MR) is 155 cm³/mol. The monoisotopic (exact) mass is 575 g/mol. The molecule has 222 valence electrons. The summed E-state index contributed by atoms with van der Waals surface area (Å²) < 4.78 is 22.8. The maximum atomic E-state index is 12.0. The molecule has 42 heavy (non-hydrogen) atoms. The maximum Gasteiger partial charge on any atom is 0.251 e. The van der Waals surface area contributed by atoms with Crippen LogP contribution in [0.3, 0.4) is 0 Å². The summed E-state index contributed by atoms with van der Waals surface area (Å²) >= 11 is 0. The molecule has 1 atom stereocenters. The van der Waals surface area contributed by atoms with E-state index in [9.17, 15) is 15.2 Å². The zero-order valence-corrected chi connectivity index (χ0v) is 24.0. The van der Waals surface area contributed by atoms with Crippen LogP contribution in [0.1, 0.15) is 36.7 Å². The lowest BCUT2D eigenvalue weighted by atomic mass is 10.1. The minimum atomic E-state index is -1.01. The molecule has 0 bridgehead atoms. The Morgan fingerprint density at radius 2 is 1.90 bits per heavy atom. The van der Waals surface area contributed by atoms with Crippen LogP contribution < -0.4 is 19.9 Å². The van der Waals surface area contributed by atoms with Crippen molar-refractivity contribution in [2.75, 3.05) is 46.6 Å². The van der Waals surface area contributed by atoms with Crippen LogP contribution in [0.4, 0.5) is 0 Å². The van der Waals surface area contributed by atoms with Crippen molar-refractivity contribution < 1.29 is 28.8 Å². The summed E-state index contributed by atoms with van der Waals surface area (Å²) in [5, 5.41) is 19.4. The number of nitrogens with two attached hydrogens (primary N) is 1. The second kappa shape index (κ2) is 15.1. The van der Waals surface area contributed by atoms with E-state index in [4.69, 9.17) is 29.7 Å². The van der Waals surface area contributed by atoms with Crippen LogP contribution in [0.2, 0.25) is 0 Å². The van der Waals surface area contributed by atoms with E-state index in [1.54, 1.807) is 36.4 Å². The van der Waals surface area contributed by atoms with E-state index in [2.05, 4.69) is 11.1 Å². The van der Waals surface area contributed by atoms with Gasteiger partial charge in [-0.15, -0.1) is 0 Å². The number of hydrogen-bond donors (Lipinski definition) is 2. The van der Waals surface area contributed by atoms with Crippen LogP contribution in [-0.2, 0) is 16.0 Å². The number of aliphatic hydroxyl groups excluding tert-OH is 1. The molecule has 1 amide bonds. The van der Waals surface area contributed by atoms with Gasteiger partial charge in [-0.3, -0.25) is 4.79 Å². The average molecular weight is 576 g/mol. The molecular weight excluding hydrogens is 538 g/mol. The zero-order chi connectivity index (χ0) is 29.9. The Kier molecular flexibility index (Phi) is 11.1. The van der Waals surface area contributed by atoms with Crippen molar-refractivity contribution in [2.24, 2.45) is 5.73 Å². The first-order valence-electron chi connectivity index (χ1n) is 14.0. The lowest BCUT2D eigenvalue weighted by Gasteiger charge is -2.33. The number of benzene rings is 2. The Bertz CT molecular complexity index is 1380. The molecule has 4 rings (SSSR count). The van der Waals surface area contributed by atoms with Crippen molar-refractivity contribution in [3.8, 4) is 34.6 Å². The van der Waals surface area contributed by atoms with Gasteiger partial charge in [-0.05, 0) is 48.9 Å². The van der Waals surface area contributed by atoms with Crippen molar-refractivity contribution in [2.45, 2.75) is 38.4 Å². The molecule has 0 unspecified atom stereocenters. The zero-order valence-electron chi connectivity index (χ0n) is 24.0. The van der Waals surface area contributed by atoms with Gasteiger partial charge in [-0.2, -0.15) is 5.26 Å². The number of amides is 1. The molecule has 1 saturated heterocycles. The van der Waals surface area contributed by atoms with Crippen molar-refractivity contribution in [1.29, 1.82) is 5.26 Å². The third kappa shape index (κ3) is 8.16. The highest BCUT2D eigenvalue weighted by Crippen LogP contribution is 2.30. The number of rotatable bonds is 13. The molecule has 11 nitrogen and oxygen atoms in total. The molecule has 1 aliphatic heterocycles. The van der Waals surface area contributed by atoms with Crippen LogP contribution in [0.15, 0.2) is 48.7 Å². The van der Waals surface area contributed by atoms with Crippen LogP contribution in [-0.4, -0.2) is 84.7 Å². The number of nitrogens with zero attached hydrogens (tertiary/aromatic N) is 4. The number of aromatic nitrogens is 2. The first-order chi connectivity index (χ1) is 20.4. The summed E-state index contributed by atoms with van der Waals surface area (Å²) in [6.45, 7) is 4.27. The summed E-state index contributed by atoms with van der Waals surface area (Å²) in [6, 6.07) is 15.2. The van der Waals surface area contributed by atoms with Crippen LogP contribution >= 0.6 is 0 Å². The lowest BCUT2D eigenvalue weighted by molar-refractivity contribution is -0.141. The molecule has 11 heteroatoms. The van der Waals surface area contributed by atoms with E-state index in [0.29, 0.717) is 93.0 Å². The number of hydrogen-bond acceptors (Lipinski definition) is 10. The quantitative estimate of drug-likeness (QED) is 0.291. The summed E-state index contributed by atoms with van der Waals surface area (Å²) in [6.07, 6.45) is 2.30. The molecule has 1 aromatic heterocycles. The second-order valence-corrected chi connectivity index (χ2v) is 9.91. The van der Waals surface area contributed by atoms with Crippen molar-refractivity contribution >= 4 is 5.91 Å². The van der Waals surface area contributed by atoms with Crippen LogP contribution in [0.25, 0.3) is 11.3 Å². The highest BCUT2D eigenvalue weighted by molar-refractivity contribution is 5.80. The van der Waals surface area contributed by atoms with Gasteiger partial charge in [0.25, 0.3) is 5.91 Å².